The number of benzene rings is 1. The standard InChI is InChI=1S/C17H17Cl2N5O4S2/c18-10-7-11(28-9-10)8-20-16-17(23-29-22-16)21-13-4-3-12(19)15(14(13)25)30(26,27)24-5-1-2-6-24/h3-4,7,9,25H,1-2,5-6,8H2,(H,20,22)(H,21,23). The topological polar surface area (TPSA) is 121 Å². The Morgan fingerprint density at radius 2 is 1.93 bits per heavy atom. The molecule has 0 aliphatic carbocycles. The van der Waals surface area contributed by atoms with Crippen molar-refractivity contribution in [3.05, 3.63) is 40.3 Å². The third kappa shape index (κ3) is 4.21. The van der Waals surface area contributed by atoms with Crippen molar-refractivity contribution in [2.45, 2.75) is 24.3 Å². The first kappa shape index (κ1) is 21.2. The van der Waals surface area contributed by atoms with Crippen molar-refractivity contribution in [3.63, 3.8) is 0 Å². The summed E-state index contributed by atoms with van der Waals surface area (Å²) in [5, 5.41) is 17.1. The zero-order chi connectivity index (χ0) is 21.3. The number of anilines is 3. The first-order chi connectivity index (χ1) is 14.4. The molecule has 2 aromatic heterocycles. The van der Waals surface area contributed by atoms with Gasteiger partial charge in [-0.3, -0.25) is 0 Å². The number of furan rings is 1. The summed E-state index contributed by atoms with van der Waals surface area (Å²) < 4.78 is 40.8. The summed E-state index contributed by atoms with van der Waals surface area (Å²) in [6.07, 6.45) is 2.97. The fraction of sp³-hybridized carbons (Fsp3) is 0.294. The molecule has 1 aliphatic heterocycles. The number of sulfonamides is 1. The Morgan fingerprint density at radius 1 is 1.20 bits per heavy atom. The number of nitrogens with one attached hydrogen (secondary N) is 2. The first-order valence-corrected chi connectivity index (χ1v) is 11.9. The number of phenols is 1. The number of hydrogen-bond acceptors (Lipinski definition) is 9. The molecule has 1 saturated heterocycles. The molecule has 0 atom stereocenters. The van der Waals surface area contributed by atoms with Gasteiger partial charge in [0, 0.05) is 19.2 Å². The van der Waals surface area contributed by atoms with Crippen molar-refractivity contribution in [1.29, 1.82) is 0 Å². The second-order valence-electron chi connectivity index (χ2n) is 6.56. The van der Waals surface area contributed by atoms with Crippen molar-refractivity contribution in [2.24, 2.45) is 0 Å². The average Bonchev–Trinajstić information content (AvgIpc) is 3.45. The van der Waals surface area contributed by atoms with E-state index in [1.165, 1.54) is 22.7 Å². The maximum Gasteiger partial charge on any atom is 0.248 e. The lowest BCUT2D eigenvalue weighted by atomic mass is 10.3. The highest BCUT2D eigenvalue weighted by Gasteiger charge is 2.33. The fourth-order valence-electron chi connectivity index (χ4n) is 3.08. The van der Waals surface area contributed by atoms with Crippen molar-refractivity contribution in [1.82, 2.24) is 13.1 Å². The first-order valence-electron chi connectivity index (χ1n) is 8.94. The summed E-state index contributed by atoms with van der Waals surface area (Å²) in [5.74, 6) is 0.865. The van der Waals surface area contributed by atoms with Crippen LogP contribution >= 0.6 is 34.9 Å². The Kier molecular flexibility index (Phi) is 6.07. The van der Waals surface area contributed by atoms with Crippen LogP contribution in [0.1, 0.15) is 18.6 Å². The van der Waals surface area contributed by atoms with Crippen LogP contribution in [-0.2, 0) is 16.6 Å². The van der Waals surface area contributed by atoms with Crippen molar-refractivity contribution < 1.29 is 17.9 Å². The van der Waals surface area contributed by atoms with Gasteiger partial charge in [-0.25, -0.2) is 8.42 Å². The third-order valence-electron chi connectivity index (χ3n) is 4.54. The number of aromatic nitrogens is 2. The number of halogens is 2. The number of rotatable bonds is 7. The van der Waals surface area contributed by atoms with Crippen LogP contribution in [0.25, 0.3) is 0 Å². The van der Waals surface area contributed by atoms with E-state index in [-0.39, 0.29) is 15.6 Å². The lowest BCUT2D eigenvalue weighted by Gasteiger charge is -2.19. The van der Waals surface area contributed by atoms with Crippen LogP contribution in [0.3, 0.4) is 0 Å². The van der Waals surface area contributed by atoms with Gasteiger partial charge in [-0.2, -0.15) is 13.1 Å². The minimum atomic E-state index is -3.92. The monoisotopic (exact) mass is 489 g/mol. The summed E-state index contributed by atoms with van der Waals surface area (Å²) in [7, 11) is -3.92. The Labute approximate surface area is 187 Å². The minimum Gasteiger partial charge on any atom is -0.504 e. The largest absolute Gasteiger partial charge is 0.504 e. The molecular weight excluding hydrogens is 473 g/mol. The lowest BCUT2D eigenvalue weighted by Crippen LogP contribution is -2.28. The number of aromatic hydroxyl groups is 1. The molecule has 0 saturated carbocycles. The molecule has 3 N–H and O–H groups in total. The molecule has 0 bridgehead atoms. The highest BCUT2D eigenvalue weighted by Crippen LogP contribution is 2.40. The Bertz CT molecular complexity index is 1160. The van der Waals surface area contributed by atoms with E-state index >= 15 is 0 Å². The van der Waals surface area contributed by atoms with E-state index in [1.807, 2.05) is 0 Å². The molecule has 1 fully saturated rings. The van der Waals surface area contributed by atoms with E-state index < -0.39 is 15.8 Å². The van der Waals surface area contributed by atoms with Crippen LogP contribution in [-0.4, -0.2) is 39.7 Å². The summed E-state index contributed by atoms with van der Waals surface area (Å²) in [6, 6.07) is 4.57. The normalized spacial score (nSPS) is 14.9. The van der Waals surface area contributed by atoms with Gasteiger partial charge in [0.05, 0.1) is 34.0 Å². The van der Waals surface area contributed by atoms with Crippen LogP contribution < -0.4 is 10.6 Å². The van der Waals surface area contributed by atoms with Gasteiger partial charge >= 0.3 is 0 Å². The molecule has 3 aromatic rings. The zero-order valence-corrected chi connectivity index (χ0v) is 18.6. The number of hydrogen-bond donors (Lipinski definition) is 3. The quantitative estimate of drug-likeness (QED) is 0.420. The fourth-order valence-corrected chi connectivity index (χ4v) is 5.85. The molecule has 0 amide bonds. The molecule has 160 valence electrons. The molecule has 9 nitrogen and oxygen atoms in total. The van der Waals surface area contributed by atoms with Gasteiger partial charge in [-0.05, 0) is 25.0 Å². The van der Waals surface area contributed by atoms with Gasteiger partial charge in [-0.1, -0.05) is 23.2 Å². The molecule has 3 heterocycles. The summed E-state index contributed by atoms with van der Waals surface area (Å²) in [4.78, 5) is -0.320. The minimum absolute atomic E-state index is 0.0469. The lowest BCUT2D eigenvalue weighted by molar-refractivity contribution is 0.445. The summed E-state index contributed by atoms with van der Waals surface area (Å²) >= 11 is 12.9. The van der Waals surface area contributed by atoms with Crippen LogP contribution in [0.2, 0.25) is 10.0 Å². The van der Waals surface area contributed by atoms with Crippen molar-refractivity contribution in [2.75, 3.05) is 23.7 Å². The van der Waals surface area contributed by atoms with Gasteiger partial charge in [0.2, 0.25) is 10.0 Å². The van der Waals surface area contributed by atoms with E-state index in [4.69, 9.17) is 27.6 Å². The summed E-state index contributed by atoms with van der Waals surface area (Å²) in [5.41, 5.74) is 0.147. The second kappa shape index (κ2) is 8.60. The number of nitrogens with zero attached hydrogens (tertiary/aromatic N) is 3. The van der Waals surface area contributed by atoms with Gasteiger partial charge in [0.15, 0.2) is 17.4 Å². The summed E-state index contributed by atoms with van der Waals surface area (Å²) in [6.45, 7) is 1.11. The van der Waals surface area contributed by atoms with Crippen LogP contribution in [0.15, 0.2) is 33.8 Å². The smallest absolute Gasteiger partial charge is 0.248 e. The average molecular weight is 490 g/mol. The molecule has 1 aromatic carbocycles. The molecule has 0 unspecified atom stereocenters. The van der Waals surface area contributed by atoms with Gasteiger partial charge in [0.25, 0.3) is 0 Å². The molecule has 0 radical (unpaired) electrons. The second-order valence-corrected chi connectivity index (χ2v) is 9.80. The molecule has 4 rings (SSSR count). The van der Waals surface area contributed by atoms with E-state index in [1.54, 1.807) is 6.07 Å². The highest BCUT2D eigenvalue weighted by atomic mass is 35.5. The van der Waals surface area contributed by atoms with Gasteiger partial charge < -0.3 is 20.2 Å². The molecule has 30 heavy (non-hydrogen) atoms. The SMILES string of the molecule is O=S(=O)(c1c(Cl)ccc(Nc2nsnc2NCc2cc(Cl)co2)c1O)N1CCCC1. The van der Waals surface area contributed by atoms with Gasteiger partial charge in [-0.15, -0.1) is 0 Å². The predicted octanol–water partition coefficient (Wildman–Crippen LogP) is 4.28. The Morgan fingerprint density at radius 3 is 2.63 bits per heavy atom. The molecular formula is C17H17Cl2N5O4S2. The van der Waals surface area contributed by atoms with Gasteiger partial charge in [0.1, 0.15) is 16.9 Å². The Balaban J connectivity index is 1.58. The van der Waals surface area contributed by atoms with Crippen molar-refractivity contribution >= 4 is 62.3 Å². The van der Waals surface area contributed by atoms with E-state index in [2.05, 4.69) is 19.4 Å². The van der Waals surface area contributed by atoms with Crippen LogP contribution in [0, 0.1) is 0 Å². The van der Waals surface area contributed by atoms with E-state index in [9.17, 15) is 13.5 Å². The maximum absolute atomic E-state index is 13.0. The van der Waals surface area contributed by atoms with Crippen LogP contribution in [0.4, 0.5) is 17.3 Å². The van der Waals surface area contributed by atoms with E-state index in [0.717, 1.165) is 24.6 Å². The maximum atomic E-state index is 13.0. The third-order valence-corrected chi connectivity index (χ3v) is 7.67. The highest BCUT2D eigenvalue weighted by molar-refractivity contribution is 7.89. The number of phenolic OH excluding ortho intramolecular Hbond substituents is 1. The van der Waals surface area contributed by atoms with E-state index in [0.29, 0.717) is 42.1 Å². The molecule has 1 aliphatic rings. The predicted molar refractivity (Wildman–Crippen MR) is 115 cm³/mol. The molecule has 0 spiro atoms. The zero-order valence-electron chi connectivity index (χ0n) is 15.4. The van der Waals surface area contributed by atoms with Crippen molar-refractivity contribution in [3.8, 4) is 5.75 Å². The van der Waals surface area contributed by atoms with Crippen LogP contribution in [0.5, 0.6) is 5.75 Å². The molecule has 13 heteroatoms. The Hall–Kier alpha value is -2.05.